The van der Waals surface area contributed by atoms with E-state index in [9.17, 15) is 14.4 Å². The number of carbonyl (C=O) groups excluding carboxylic acids is 3. The highest BCUT2D eigenvalue weighted by molar-refractivity contribution is 6.09. The molecule has 2 aromatic carbocycles. The Balaban J connectivity index is 1.60. The summed E-state index contributed by atoms with van der Waals surface area (Å²) in [5, 5.41) is 5.69. The fourth-order valence-corrected chi connectivity index (χ4v) is 3.70. The van der Waals surface area contributed by atoms with Gasteiger partial charge in [0.2, 0.25) is 5.91 Å². The molecular formula is C23H27N3O3. The van der Waals surface area contributed by atoms with Crippen LogP contribution < -0.4 is 10.6 Å². The van der Waals surface area contributed by atoms with Crippen molar-refractivity contribution in [3.05, 3.63) is 71.8 Å². The van der Waals surface area contributed by atoms with E-state index in [1.807, 2.05) is 62.4 Å². The number of nitrogens with zero attached hydrogens (tertiary/aromatic N) is 1. The van der Waals surface area contributed by atoms with Gasteiger partial charge >= 0.3 is 6.03 Å². The molecule has 29 heavy (non-hydrogen) atoms. The first-order valence-corrected chi connectivity index (χ1v) is 9.99. The molecule has 1 heterocycles. The molecule has 0 radical (unpaired) electrons. The van der Waals surface area contributed by atoms with E-state index in [1.54, 1.807) is 0 Å². The third-order valence-corrected chi connectivity index (χ3v) is 5.39. The van der Waals surface area contributed by atoms with E-state index in [-0.39, 0.29) is 24.4 Å². The van der Waals surface area contributed by atoms with Crippen LogP contribution in [0.4, 0.5) is 4.79 Å². The molecule has 2 aromatic rings. The first-order chi connectivity index (χ1) is 14.0. The number of aryl methyl sites for hydroxylation is 1. The van der Waals surface area contributed by atoms with Crippen LogP contribution in [0.3, 0.4) is 0 Å². The largest absolute Gasteiger partial charge is 0.352 e. The maximum atomic E-state index is 13.1. The summed E-state index contributed by atoms with van der Waals surface area (Å²) >= 11 is 0. The standard InChI is InChI=1S/C23H27N3O3/c1-3-23(19-12-8-5-9-13-19)21(28)26(22(29)25-23)16-20(27)24-17(2)14-15-18-10-6-4-7-11-18/h4-13,17H,3,14-16H2,1-2H3,(H,24,27)(H,25,29)/t17-,23+/m0/s1. The summed E-state index contributed by atoms with van der Waals surface area (Å²) in [6.45, 7) is 3.49. The van der Waals surface area contributed by atoms with Gasteiger partial charge in [-0.05, 0) is 37.3 Å². The molecule has 0 aromatic heterocycles. The molecule has 6 nitrogen and oxygen atoms in total. The quantitative estimate of drug-likeness (QED) is 0.677. The Morgan fingerprint density at radius 2 is 1.69 bits per heavy atom. The van der Waals surface area contributed by atoms with Crippen molar-refractivity contribution in [2.45, 2.75) is 44.7 Å². The minimum atomic E-state index is -1.11. The van der Waals surface area contributed by atoms with Crippen molar-refractivity contribution >= 4 is 17.8 Å². The molecule has 1 saturated heterocycles. The molecule has 2 atom stereocenters. The summed E-state index contributed by atoms with van der Waals surface area (Å²) in [5.41, 5.74) is 0.815. The molecule has 3 rings (SSSR count). The molecular weight excluding hydrogens is 366 g/mol. The Bertz CT molecular complexity index is 869. The van der Waals surface area contributed by atoms with Gasteiger partial charge in [-0.3, -0.25) is 14.5 Å². The van der Waals surface area contributed by atoms with Gasteiger partial charge in [-0.2, -0.15) is 0 Å². The molecule has 0 saturated carbocycles. The van der Waals surface area contributed by atoms with E-state index in [0.29, 0.717) is 6.42 Å². The number of hydrogen-bond acceptors (Lipinski definition) is 3. The van der Waals surface area contributed by atoms with Gasteiger partial charge in [0.05, 0.1) is 0 Å². The van der Waals surface area contributed by atoms with Crippen LogP contribution >= 0.6 is 0 Å². The fourth-order valence-electron chi connectivity index (χ4n) is 3.70. The first-order valence-electron chi connectivity index (χ1n) is 9.99. The van der Waals surface area contributed by atoms with Crippen LogP contribution in [-0.4, -0.2) is 35.3 Å². The Hall–Kier alpha value is -3.15. The second kappa shape index (κ2) is 8.90. The number of benzene rings is 2. The summed E-state index contributed by atoms with van der Waals surface area (Å²) in [4.78, 5) is 39.0. The van der Waals surface area contributed by atoms with E-state index in [2.05, 4.69) is 22.8 Å². The average molecular weight is 393 g/mol. The second-order valence-electron chi connectivity index (χ2n) is 7.44. The van der Waals surface area contributed by atoms with Crippen molar-refractivity contribution < 1.29 is 14.4 Å². The van der Waals surface area contributed by atoms with Gasteiger partial charge in [0, 0.05) is 6.04 Å². The third kappa shape index (κ3) is 4.47. The molecule has 0 unspecified atom stereocenters. The fraction of sp³-hybridized carbons (Fsp3) is 0.348. The van der Waals surface area contributed by atoms with Crippen molar-refractivity contribution in [2.75, 3.05) is 6.54 Å². The van der Waals surface area contributed by atoms with E-state index in [1.165, 1.54) is 5.56 Å². The van der Waals surface area contributed by atoms with Gasteiger partial charge in [0.1, 0.15) is 12.1 Å². The van der Waals surface area contributed by atoms with Crippen LogP contribution in [-0.2, 0) is 21.5 Å². The molecule has 152 valence electrons. The van der Waals surface area contributed by atoms with Gasteiger partial charge in [0.25, 0.3) is 5.91 Å². The predicted octanol–water partition coefficient (Wildman–Crippen LogP) is 2.98. The minimum Gasteiger partial charge on any atom is -0.352 e. The summed E-state index contributed by atoms with van der Waals surface area (Å²) in [5.74, 6) is -0.725. The molecule has 0 bridgehead atoms. The molecule has 1 fully saturated rings. The zero-order valence-corrected chi connectivity index (χ0v) is 16.9. The lowest BCUT2D eigenvalue weighted by molar-refractivity contribution is -0.135. The number of hydrogen-bond donors (Lipinski definition) is 2. The topological polar surface area (TPSA) is 78.5 Å². The van der Waals surface area contributed by atoms with Crippen LogP contribution in [0.5, 0.6) is 0 Å². The Morgan fingerprint density at radius 3 is 2.31 bits per heavy atom. The second-order valence-corrected chi connectivity index (χ2v) is 7.44. The Labute approximate surface area is 171 Å². The number of urea groups is 1. The van der Waals surface area contributed by atoms with Crippen LogP contribution in [0.15, 0.2) is 60.7 Å². The highest BCUT2D eigenvalue weighted by atomic mass is 16.2. The molecule has 4 amide bonds. The SMILES string of the molecule is CC[C@]1(c2ccccc2)NC(=O)N(CC(=O)N[C@@H](C)CCc2ccccc2)C1=O. The summed E-state index contributed by atoms with van der Waals surface area (Å²) in [6.07, 6.45) is 2.03. The van der Waals surface area contributed by atoms with Crippen LogP contribution in [0.1, 0.15) is 37.8 Å². The number of nitrogens with one attached hydrogen (secondary N) is 2. The van der Waals surface area contributed by atoms with Crippen LogP contribution in [0.2, 0.25) is 0 Å². The first kappa shape index (κ1) is 20.6. The van der Waals surface area contributed by atoms with Crippen molar-refractivity contribution in [3.8, 4) is 0 Å². The Kier molecular flexibility index (Phi) is 6.32. The molecule has 2 N–H and O–H groups in total. The Morgan fingerprint density at radius 1 is 1.07 bits per heavy atom. The highest BCUT2D eigenvalue weighted by Crippen LogP contribution is 2.32. The zero-order valence-electron chi connectivity index (χ0n) is 16.9. The maximum absolute atomic E-state index is 13.1. The van der Waals surface area contributed by atoms with Gasteiger partial charge < -0.3 is 10.6 Å². The minimum absolute atomic E-state index is 0.0615. The number of amides is 4. The van der Waals surface area contributed by atoms with Crippen molar-refractivity contribution in [2.24, 2.45) is 0 Å². The smallest absolute Gasteiger partial charge is 0.325 e. The van der Waals surface area contributed by atoms with E-state index < -0.39 is 11.6 Å². The normalized spacial score (nSPS) is 19.7. The van der Waals surface area contributed by atoms with E-state index in [4.69, 9.17) is 0 Å². The predicted molar refractivity (Wildman–Crippen MR) is 111 cm³/mol. The van der Waals surface area contributed by atoms with Crippen molar-refractivity contribution in [3.63, 3.8) is 0 Å². The molecule has 0 aliphatic carbocycles. The van der Waals surface area contributed by atoms with Crippen molar-refractivity contribution in [1.29, 1.82) is 0 Å². The number of carbonyl (C=O) groups is 3. The molecule has 6 heteroatoms. The monoisotopic (exact) mass is 393 g/mol. The molecule has 1 aliphatic rings. The van der Waals surface area contributed by atoms with Gasteiger partial charge in [-0.1, -0.05) is 67.6 Å². The maximum Gasteiger partial charge on any atom is 0.325 e. The summed E-state index contributed by atoms with van der Waals surface area (Å²) in [7, 11) is 0. The summed E-state index contributed by atoms with van der Waals surface area (Å²) < 4.78 is 0. The lowest BCUT2D eigenvalue weighted by Gasteiger charge is -2.25. The van der Waals surface area contributed by atoms with E-state index in [0.717, 1.165) is 23.3 Å². The van der Waals surface area contributed by atoms with Crippen LogP contribution in [0, 0.1) is 0 Å². The average Bonchev–Trinajstić information content (AvgIpc) is 2.98. The lowest BCUT2D eigenvalue weighted by Crippen LogP contribution is -2.45. The van der Waals surface area contributed by atoms with Gasteiger partial charge in [0.15, 0.2) is 0 Å². The number of imide groups is 1. The third-order valence-electron chi connectivity index (χ3n) is 5.39. The van der Waals surface area contributed by atoms with Gasteiger partial charge in [-0.25, -0.2) is 4.79 Å². The zero-order chi connectivity index (χ0) is 20.9. The van der Waals surface area contributed by atoms with Crippen molar-refractivity contribution in [1.82, 2.24) is 15.5 Å². The van der Waals surface area contributed by atoms with E-state index >= 15 is 0 Å². The summed E-state index contributed by atoms with van der Waals surface area (Å²) in [6, 6.07) is 18.6. The molecule has 1 aliphatic heterocycles. The highest BCUT2D eigenvalue weighted by Gasteiger charge is 2.51. The lowest BCUT2D eigenvalue weighted by atomic mass is 9.87. The number of rotatable bonds is 8. The molecule has 0 spiro atoms. The van der Waals surface area contributed by atoms with Gasteiger partial charge in [-0.15, -0.1) is 0 Å². The van der Waals surface area contributed by atoms with Crippen LogP contribution in [0.25, 0.3) is 0 Å².